The second kappa shape index (κ2) is 21.6. The van der Waals surface area contributed by atoms with Crippen LogP contribution in [0.25, 0.3) is 22.3 Å². The van der Waals surface area contributed by atoms with Crippen LogP contribution in [0.3, 0.4) is 0 Å². The number of unbranched alkanes of at least 4 members (excludes halogenated alkanes) is 7. The molecule has 282 valence electrons. The third-order valence-electron chi connectivity index (χ3n) is 10.4. The first-order valence-electron chi connectivity index (χ1n) is 20.2. The molecule has 0 bridgehead atoms. The number of ether oxygens (including phenoxy) is 2. The summed E-state index contributed by atoms with van der Waals surface area (Å²) in [5, 5.41) is 18.6. The molecule has 0 aromatic heterocycles. The van der Waals surface area contributed by atoms with Crippen LogP contribution in [-0.4, -0.2) is 18.8 Å². The largest absolute Gasteiger partial charge is 0.366 e. The summed E-state index contributed by atoms with van der Waals surface area (Å²) in [6.45, 7) is 5.86. The van der Waals surface area contributed by atoms with Gasteiger partial charge in [0.2, 0.25) is 0 Å². The molecule has 4 aromatic carbocycles. The van der Waals surface area contributed by atoms with Crippen molar-refractivity contribution in [3.63, 3.8) is 0 Å². The van der Waals surface area contributed by atoms with E-state index in [-0.39, 0.29) is 5.60 Å². The quantitative estimate of drug-likeness (QED) is 0.102. The van der Waals surface area contributed by atoms with Gasteiger partial charge in [0.15, 0.2) is 5.60 Å². The number of nitriles is 2. The number of hydrogen-bond donors (Lipinski definition) is 0. The van der Waals surface area contributed by atoms with E-state index in [4.69, 9.17) is 14.7 Å². The summed E-state index contributed by atoms with van der Waals surface area (Å²) >= 11 is 0. The van der Waals surface area contributed by atoms with Gasteiger partial charge in [0.1, 0.15) is 11.7 Å². The molecule has 2 atom stereocenters. The highest BCUT2D eigenvalue weighted by molar-refractivity contribution is 5.78. The van der Waals surface area contributed by atoms with Gasteiger partial charge in [0.05, 0.1) is 11.6 Å². The molecule has 4 aromatic rings. The van der Waals surface area contributed by atoms with Gasteiger partial charge in [0, 0.05) is 26.1 Å². The minimum atomic E-state index is -0.806. The van der Waals surface area contributed by atoms with Crippen molar-refractivity contribution in [2.75, 3.05) is 13.2 Å². The fourth-order valence-corrected chi connectivity index (χ4v) is 6.99. The summed E-state index contributed by atoms with van der Waals surface area (Å²) < 4.78 is 12.4. The van der Waals surface area contributed by atoms with Crippen molar-refractivity contribution in [1.82, 2.24) is 0 Å². The fraction of sp³-hybridized carbons (Fsp3) is 0.333. The number of nitrogens with zero attached hydrogens (tertiary/aromatic N) is 2. The van der Waals surface area contributed by atoms with Crippen LogP contribution in [0.5, 0.6) is 0 Å². The Hall–Kier alpha value is -5.26. The monoisotopic (exact) mass is 728 g/mol. The summed E-state index contributed by atoms with van der Waals surface area (Å²) in [4.78, 5) is 0. The van der Waals surface area contributed by atoms with Crippen molar-refractivity contribution in [2.45, 2.75) is 95.7 Å². The molecule has 0 heterocycles. The molecule has 55 heavy (non-hydrogen) atoms. The van der Waals surface area contributed by atoms with Gasteiger partial charge in [0.25, 0.3) is 0 Å². The highest BCUT2D eigenvalue weighted by Gasteiger charge is 2.32. The summed E-state index contributed by atoms with van der Waals surface area (Å²) in [5.74, 6) is 0. The first-order valence-corrected chi connectivity index (χ1v) is 20.2. The van der Waals surface area contributed by atoms with Crippen molar-refractivity contribution in [3.8, 4) is 23.3 Å². The van der Waals surface area contributed by atoms with Crippen LogP contribution < -0.4 is 0 Å². The molecule has 0 aliphatic heterocycles. The molecule has 0 spiro atoms. The maximum absolute atomic E-state index is 9.61. The van der Waals surface area contributed by atoms with Crippen LogP contribution >= 0.6 is 0 Å². The smallest absolute Gasteiger partial charge is 0.176 e. The van der Waals surface area contributed by atoms with Gasteiger partial charge >= 0.3 is 0 Å². The lowest BCUT2D eigenvalue weighted by Gasteiger charge is -2.33. The van der Waals surface area contributed by atoms with E-state index >= 15 is 0 Å². The molecule has 0 amide bonds. The van der Waals surface area contributed by atoms with Crippen molar-refractivity contribution in [3.05, 3.63) is 168 Å². The molecule has 0 N–H and O–H groups in total. The minimum Gasteiger partial charge on any atom is -0.366 e. The Bertz CT molecular complexity index is 1960. The Balaban J connectivity index is 0.000000211. The summed E-state index contributed by atoms with van der Waals surface area (Å²) in [5.41, 5.74) is 7.76. The maximum atomic E-state index is 9.61. The molecule has 4 nitrogen and oxygen atoms in total. The van der Waals surface area contributed by atoms with Crippen molar-refractivity contribution in [1.29, 1.82) is 10.5 Å². The lowest BCUT2D eigenvalue weighted by molar-refractivity contribution is -0.0129. The SMILES string of the molecule is CCCCCCCOC1(c2ccccc2)C=CC(c2ccc(C#N)cc2)=CC1.CCCCCCOC1(C#N)C=CC(c2ccc(-c3ccccc3)cc2)=CC1. The Morgan fingerprint density at radius 3 is 1.58 bits per heavy atom. The summed E-state index contributed by atoms with van der Waals surface area (Å²) in [6, 6.07) is 41.8. The van der Waals surface area contributed by atoms with Gasteiger partial charge in [-0.05, 0) is 76.1 Å². The third-order valence-corrected chi connectivity index (χ3v) is 10.4. The van der Waals surface area contributed by atoms with Crippen LogP contribution in [0.2, 0.25) is 0 Å². The van der Waals surface area contributed by atoms with E-state index < -0.39 is 5.60 Å². The highest BCUT2D eigenvalue weighted by Crippen LogP contribution is 2.38. The van der Waals surface area contributed by atoms with Crippen molar-refractivity contribution < 1.29 is 9.47 Å². The number of allylic oxidation sites excluding steroid dienone is 4. The van der Waals surface area contributed by atoms with Crippen LogP contribution in [0.4, 0.5) is 0 Å². The lowest BCUT2D eigenvalue weighted by atomic mass is 9.84. The zero-order chi connectivity index (χ0) is 38.6. The summed E-state index contributed by atoms with van der Waals surface area (Å²) in [6.07, 6.45) is 24.9. The van der Waals surface area contributed by atoms with Crippen LogP contribution in [0, 0.1) is 22.7 Å². The molecule has 6 rings (SSSR count). The first-order chi connectivity index (χ1) is 27.0. The van der Waals surface area contributed by atoms with E-state index in [1.807, 2.05) is 48.6 Å². The molecular formula is C51H56N2O2. The molecule has 2 aliphatic carbocycles. The van der Waals surface area contributed by atoms with Gasteiger partial charge < -0.3 is 9.47 Å². The molecule has 0 fully saturated rings. The second-order valence-corrected chi connectivity index (χ2v) is 14.5. The van der Waals surface area contributed by atoms with Crippen LogP contribution in [-0.2, 0) is 15.1 Å². The topological polar surface area (TPSA) is 66.0 Å². The Morgan fingerprint density at radius 2 is 1.04 bits per heavy atom. The highest BCUT2D eigenvalue weighted by atomic mass is 16.5. The van der Waals surface area contributed by atoms with Crippen molar-refractivity contribution >= 4 is 11.1 Å². The molecule has 0 saturated heterocycles. The third kappa shape index (κ3) is 11.9. The molecule has 0 radical (unpaired) electrons. The molecule has 2 unspecified atom stereocenters. The van der Waals surface area contributed by atoms with Crippen LogP contribution in [0.1, 0.15) is 107 Å². The van der Waals surface area contributed by atoms with E-state index in [1.165, 1.54) is 66.4 Å². The molecule has 2 aliphatic rings. The zero-order valence-corrected chi connectivity index (χ0v) is 32.8. The van der Waals surface area contributed by atoms with E-state index in [0.717, 1.165) is 43.4 Å². The van der Waals surface area contributed by atoms with E-state index in [1.54, 1.807) is 0 Å². The predicted octanol–water partition coefficient (Wildman–Crippen LogP) is 13.3. The van der Waals surface area contributed by atoms with Gasteiger partial charge in [-0.2, -0.15) is 10.5 Å². The normalized spacial score (nSPS) is 18.6. The van der Waals surface area contributed by atoms with Gasteiger partial charge in [-0.3, -0.25) is 0 Å². The van der Waals surface area contributed by atoms with Gasteiger partial charge in [-0.1, -0.05) is 180 Å². The number of benzene rings is 4. The molecule has 0 saturated carbocycles. The van der Waals surface area contributed by atoms with Gasteiger partial charge in [-0.15, -0.1) is 0 Å². The molecule has 4 heteroatoms. The zero-order valence-electron chi connectivity index (χ0n) is 32.8. The summed E-state index contributed by atoms with van der Waals surface area (Å²) in [7, 11) is 0. The van der Waals surface area contributed by atoms with Crippen LogP contribution in [0.15, 0.2) is 146 Å². The van der Waals surface area contributed by atoms with E-state index in [2.05, 4.69) is 123 Å². The van der Waals surface area contributed by atoms with E-state index in [0.29, 0.717) is 18.6 Å². The average molecular weight is 729 g/mol. The fourth-order valence-electron chi connectivity index (χ4n) is 6.99. The minimum absolute atomic E-state index is 0.387. The Morgan fingerprint density at radius 1 is 0.527 bits per heavy atom. The van der Waals surface area contributed by atoms with Crippen molar-refractivity contribution in [2.24, 2.45) is 0 Å². The molecular weight excluding hydrogens is 673 g/mol. The second-order valence-electron chi connectivity index (χ2n) is 14.5. The number of hydrogen-bond acceptors (Lipinski definition) is 4. The maximum Gasteiger partial charge on any atom is 0.176 e. The average Bonchev–Trinajstić information content (AvgIpc) is 3.26. The van der Waals surface area contributed by atoms with Gasteiger partial charge in [-0.25, -0.2) is 0 Å². The standard InChI is InChI=1S/C26H29NO.C25H27NO/c1-2-3-4-5-9-20-28-26(25-10-7-6-8-11-25)18-16-24(17-19-26)23-14-12-22(21-27)13-15-23;1-2-3-4-8-19-27-25(20-26)17-15-24(16-18-25)23-13-11-22(12-14-23)21-9-6-5-7-10-21/h6-8,10-18H,2-5,9,19-20H2,1H3;5-7,9-17H,2-4,8,18-19H2,1H3. The Kier molecular flexibility index (Phi) is 16.1. The number of rotatable bonds is 17. The first kappa shape index (κ1) is 40.9. The lowest BCUT2D eigenvalue weighted by Crippen LogP contribution is -2.29. The Labute approximate surface area is 330 Å². The van der Waals surface area contributed by atoms with E-state index in [9.17, 15) is 5.26 Å². The predicted molar refractivity (Wildman–Crippen MR) is 228 cm³/mol.